The first kappa shape index (κ1) is 17.3. The molecule has 6 rings (SSSR count). The Hall–Kier alpha value is -2.53. The fourth-order valence-corrected chi connectivity index (χ4v) is 5.55. The second-order valence-corrected chi connectivity index (χ2v) is 9.27. The van der Waals surface area contributed by atoms with Crippen molar-refractivity contribution in [1.82, 2.24) is 19.6 Å². The number of aromatic nitrogens is 4. The summed E-state index contributed by atoms with van der Waals surface area (Å²) in [5.41, 5.74) is 7.23. The van der Waals surface area contributed by atoms with Crippen molar-refractivity contribution in [3.63, 3.8) is 0 Å². The zero-order valence-corrected chi connectivity index (χ0v) is 17.7. The van der Waals surface area contributed by atoms with Crippen LogP contribution < -0.4 is 0 Å². The average Bonchev–Trinajstić information content (AvgIpc) is 3.19. The van der Waals surface area contributed by atoms with Gasteiger partial charge in [0.2, 0.25) is 0 Å². The number of nitrogens with zero attached hydrogens (tertiary/aromatic N) is 4. The van der Waals surface area contributed by atoms with E-state index in [0.29, 0.717) is 0 Å². The van der Waals surface area contributed by atoms with E-state index >= 15 is 0 Å². The van der Waals surface area contributed by atoms with Gasteiger partial charge in [-0.05, 0) is 37.0 Å². The van der Waals surface area contributed by atoms with Crippen molar-refractivity contribution in [2.45, 2.75) is 43.9 Å². The van der Waals surface area contributed by atoms with Crippen molar-refractivity contribution in [1.29, 1.82) is 0 Å². The molecule has 2 aromatic carbocycles. The Bertz CT molecular complexity index is 1220. The van der Waals surface area contributed by atoms with Gasteiger partial charge < -0.3 is 0 Å². The highest BCUT2D eigenvalue weighted by Gasteiger charge is 2.42. The smallest absolute Gasteiger partial charge is 0.182 e. The first-order chi connectivity index (χ1) is 14.2. The summed E-state index contributed by atoms with van der Waals surface area (Å²) in [5.74, 6) is 0.762. The van der Waals surface area contributed by atoms with Gasteiger partial charge in [-0.1, -0.05) is 71.6 Å². The molecule has 4 nitrogen and oxygen atoms in total. The van der Waals surface area contributed by atoms with Crippen molar-refractivity contribution in [3.8, 4) is 22.6 Å². The van der Waals surface area contributed by atoms with Crippen molar-refractivity contribution >= 4 is 21.6 Å². The van der Waals surface area contributed by atoms with Crippen LogP contribution in [0.3, 0.4) is 0 Å². The largest absolute Gasteiger partial charge is 0.236 e. The van der Waals surface area contributed by atoms with Gasteiger partial charge in [0.1, 0.15) is 6.33 Å². The van der Waals surface area contributed by atoms with Crippen LogP contribution in [0.2, 0.25) is 0 Å². The van der Waals surface area contributed by atoms with Gasteiger partial charge in [0.25, 0.3) is 0 Å². The third kappa shape index (κ3) is 2.67. The summed E-state index contributed by atoms with van der Waals surface area (Å²) in [6, 6.07) is 16.9. The lowest BCUT2D eigenvalue weighted by molar-refractivity contribution is 0.288. The van der Waals surface area contributed by atoms with Crippen molar-refractivity contribution in [3.05, 3.63) is 70.5 Å². The number of hydrogen-bond acceptors (Lipinski definition) is 3. The van der Waals surface area contributed by atoms with Gasteiger partial charge in [-0.15, -0.1) is 5.10 Å². The van der Waals surface area contributed by atoms with Gasteiger partial charge >= 0.3 is 0 Å². The zero-order valence-electron chi connectivity index (χ0n) is 16.1. The molecule has 2 aromatic heterocycles. The summed E-state index contributed by atoms with van der Waals surface area (Å²) < 4.78 is 2.95. The molecule has 0 bridgehead atoms. The van der Waals surface area contributed by atoms with Crippen molar-refractivity contribution < 1.29 is 0 Å². The Balaban J connectivity index is 1.62. The molecule has 2 aliphatic rings. The molecule has 0 amide bonds. The van der Waals surface area contributed by atoms with Crippen molar-refractivity contribution in [2.24, 2.45) is 0 Å². The monoisotopic (exact) mass is 444 g/mol. The number of hydrogen-bond donors (Lipinski definition) is 0. The Morgan fingerprint density at radius 1 is 0.931 bits per heavy atom. The maximum absolute atomic E-state index is 5.04. The minimum atomic E-state index is 0.126. The normalized spacial score (nSPS) is 17.3. The van der Waals surface area contributed by atoms with E-state index in [1.54, 1.807) is 0 Å². The van der Waals surface area contributed by atoms with E-state index < -0.39 is 0 Å². The van der Waals surface area contributed by atoms with Gasteiger partial charge in [0, 0.05) is 26.6 Å². The number of rotatable bonds is 1. The minimum Gasteiger partial charge on any atom is -0.236 e. The molecule has 2 aliphatic carbocycles. The molecule has 1 saturated carbocycles. The summed E-state index contributed by atoms with van der Waals surface area (Å²) in [4.78, 5) is 9.96. The van der Waals surface area contributed by atoms with Crippen LogP contribution in [0.15, 0.2) is 59.3 Å². The van der Waals surface area contributed by atoms with E-state index in [9.17, 15) is 0 Å². The van der Waals surface area contributed by atoms with E-state index in [1.165, 1.54) is 48.8 Å². The van der Waals surface area contributed by atoms with Crippen LogP contribution in [0.1, 0.15) is 43.2 Å². The lowest BCUT2D eigenvalue weighted by Gasteiger charge is -2.42. The highest BCUT2D eigenvalue weighted by Crippen LogP contribution is 2.50. The highest BCUT2D eigenvalue weighted by atomic mass is 79.9. The summed E-state index contributed by atoms with van der Waals surface area (Å²) >= 11 is 3.51. The first-order valence-electron chi connectivity index (χ1n) is 10.3. The molecule has 0 unspecified atom stereocenters. The summed E-state index contributed by atoms with van der Waals surface area (Å²) in [6.45, 7) is 0. The Labute approximate surface area is 178 Å². The highest BCUT2D eigenvalue weighted by molar-refractivity contribution is 9.10. The van der Waals surface area contributed by atoms with Gasteiger partial charge in [-0.3, -0.25) is 0 Å². The van der Waals surface area contributed by atoms with E-state index in [2.05, 4.69) is 52.3 Å². The second-order valence-electron chi connectivity index (χ2n) is 8.35. The molecular weight excluding hydrogens is 424 g/mol. The maximum atomic E-state index is 5.04. The summed E-state index contributed by atoms with van der Waals surface area (Å²) in [7, 11) is 0. The van der Waals surface area contributed by atoms with E-state index in [4.69, 9.17) is 15.1 Å². The van der Waals surface area contributed by atoms with E-state index in [0.717, 1.165) is 33.6 Å². The fraction of sp³-hybridized carbons (Fsp3) is 0.292. The van der Waals surface area contributed by atoms with Crippen LogP contribution in [-0.2, 0) is 11.8 Å². The summed E-state index contributed by atoms with van der Waals surface area (Å²) in [6.07, 6.45) is 9.20. The third-order valence-corrected chi connectivity index (χ3v) is 7.16. The maximum Gasteiger partial charge on any atom is 0.182 e. The molecule has 5 heteroatoms. The van der Waals surface area contributed by atoms with Gasteiger partial charge in [-0.2, -0.15) is 0 Å². The quantitative estimate of drug-likeness (QED) is 0.362. The predicted molar refractivity (Wildman–Crippen MR) is 118 cm³/mol. The molecule has 0 N–H and O–H groups in total. The van der Waals surface area contributed by atoms with Crippen molar-refractivity contribution in [2.75, 3.05) is 0 Å². The molecule has 4 aromatic rings. The molecule has 29 heavy (non-hydrogen) atoms. The van der Waals surface area contributed by atoms with Gasteiger partial charge in [0.05, 0.1) is 5.69 Å². The topological polar surface area (TPSA) is 43.1 Å². The molecule has 0 saturated heterocycles. The minimum absolute atomic E-state index is 0.126. The van der Waals surface area contributed by atoms with Crippen LogP contribution in [0.4, 0.5) is 0 Å². The molecular formula is C24H21BrN4. The van der Waals surface area contributed by atoms with Crippen LogP contribution in [0.5, 0.6) is 0 Å². The van der Waals surface area contributed by atoms with E-state index in [-0.39, 0.29) is 5.41 Å². The lowest BCUT2D eigenvalue weighted by atomic mass is 9.62. The number of fused-ring (bicyclic) bond motifs is 6. The molecule has 1 fully saturated rings. The fourth-order valence-electron chi connectivity index (χ4n) is 5.28. The van der Waals surface area contributed by atoms with E-state index in [1.807, 2.05) is 23.0 Å². The number of benzene rings is 2. The standard InChI is InChI=1S/C24H21BrN4/c25-18-10-8-16(9-11-18)22-27-23-20-21(26-15-29(23)28-22)19-7-3-2-6-17(19)14-24(20)12-4-1-5-13-24/h2-3,6-11,15H,1,4-5,12-14H2. The van der Waals surface area contributed by atoms with Crippen LogP contribution >= 0.6 is 15.9 Å². The molecule has 0 radical (unpaired) electrons. The van der Waals surface area contributed by atoms with Crippen LogP contribution in [0, 0.1) is 0 Å². The summed E-state index contributed by atoms with van der Waals surface area (Å²) in [5, 5.41) is 4.78. The second kappa shape index (κ2) is 6.49. The number of halogens is 1. The molecule has 144 valence electrons. The Morgan fingerprint density at radius 3 is 2.55 bits per heavy atom. The van der Waals surface area contributed by atoms with Gasteiger partial charge in [0.15, 0.2) is 11.5 Å². The van der Waals surface area contributed by atoms with Crippen LogP contribution in [-0.4, -0.2) is 19.6 Å². The molecule has 0 aliphatic heterocycles. The molecule has 0 atom stereocenters. The molecule has 2 heterocycles. The average molecular weight is 445 g/mol. The van der Waals surface area contributed by atoms with Gasteiger partial charge in [-0.25, -0.2) is 14.5 Å². The Kier molecular flexibility index (Phi) is 3.88. The first-order valence-corrected chi connectivity index (χ1v) is 11.1. The van der Waals surface area contributed by atoms with Crippen LogP contribution in [0.25, 0.3) is 28.3 Å². The Morgan fingerprint density at radius 2 is 1.72 bits per heavy atom. The molecule has 1 spiro atoms. The lowest BCUT2D eigenvalue weighted by Crippen LogP contribution is -2.36. The zero-order chi connectivity index (χ0) is 19.4. The third-order valence-electron chi connectivity index (χ3n) is 6.63. The predicted octanol–water partition coefficient (Wildman–Crippen LogP) is 5.98. The SMILES string of the molecule is Brc1ccc(-c2nc3c4c(ncn3n2)-c2ccccc2CC42CCCCC2)cc1.